The third-order valence-corrected chi connectivity index (χ3v) is 4.34. The molecule has 2 rings (SSSR count). The third-order valence-electron chi connectivity index (χ3n) is 3.14. The number of nitrogens with two attached hydrogens (primary N) is 1. The summed E-state index contributed by atoms with van der Waals surface area (Å²) in [5.41, 5.74) is 6.26. The molecule has 1 amide bonds. The van der Waals surface area contributed by atoms with Crippen LogP contribution in [-0.4, -0.2) is 25.6 Å². The predicted molar refractivity (Wildman–Crippen MR) is 83.1 cm³/mol. The Labute approximate surface area is 127 Å². The highest BCUT2D eigenvalue weighted by molar-refractivity contribution is 7.21. The average molecular weight is 310 g/mol. The molecule has 0 aliphatic heterocycles. The van der Waals surface area contributed by atoms with Crippen LogP contribution in [0.4, 0.5) is 4.39 Å². The Morgan fingerprint density at radius 2 is 2.29 bits per heavy atom. The van der Waals surface area contributed by atoms with Crippen LogP contribution < -0.4 is 11.1 Å². The van der Waals surface area contributed by atoms with Crippen LogP contribution in [0.2, 0.25) is 0 Å². The van der Waals surface area contributed by atoms with Crippen LogP contribution in [0.5, 0.6) is 0 Å². The summed E-state index contributed by atoms with van der Waals surface area (Å²) in [6.07, 6.45) is 0.699. The van der Waals surface area contributed by atoms with Gasteiger partial charge in [-0.1, -0.05) is 6.07 Å². The Hall–Kier alpha value is -1.50. The van der Waals surface area contributed by atoms with Gasteiger partial charge in [-0.3, -0.25) is 4.79 Å². The van der Waals surface area contributed by atoms with Gasteiger partial charge in [0, 0.05) is 35.3 Å². The van der Waals surface area contributed by atoms with Crippen molar-refractivity contribution in [2.45, 2.75) is 26.0 Å². The second-order valence-corrected chi connectivity index (χ2v) is 6.03. The maximum absolute atomic E-state index is 14.0. The summed E-state index contributed by atoms with van der Waals surface area (Å²) >= 11 is 1.28. The molecule has 1 aromatic heterocycles. The molecule has 0 aliphatic carbocycles. The van der Waals surface area contributed by atoms with E-state index in [9.17, 15) is 9.18 Å². The molecule has 1 aromatic carbocycles. The number of rotatable bonds is 6. The minimum absolute atomic E-state index is 0.0311. The van der Waals surface area contributed by atoms with Crippen LogP contribution in [0.3, 0.4) is 0 Å². The molecule has 1 heterocycles. The van der Waals surface area contributed by atoms with Crippen molar-refractivity contribution in [1.29, 1.82) is 0 Å². The maximum atomic E-state index is 14.0. The molecule has 21 heavy (non-hydrogen) atoms. The van der Waals surface area contributed by atoms with Gasteiger partial charge < -0.3 is 15.8 Å². The predicted octanol–water partition coefficient (Wildman–Crippen LogP) is 2.65. The SMILES string of the molecule is COCc1c(C(=O)NCCC(C)N)sc2cccc(F)c12. The molecule has 2 aromatic rings. The number of halogens is 1. The maximum Gasteiger partial charge on any atom is 0.261 e. The van der Waals surface area contributed by atoms with Crippen LogP contribution in [0.15, 0.2) is 18.2 Å². The summed E-state index contributed by atoms with van der Waals surface area (Å²) < 4.78 is 19.9. The first-order chi connectivity index (χ1) is 10.0. The Bertz CT molecular complexity index is 640. The van der Waals surface area contributed by atoms with E-state index in [1.165, 1.54) is 24.5 Å². The minimum atomic E-state index is -0.328. The van der Waals surface area contributed by atoms with Gasteiger partial charge >= 0.3 is 0 Å². The van der Waals surface area contributed by atoms with E-state index in [0.717, 1.165) is 4.70 Å². The number of carbonyl (C=O) groups excluding carboxylic acids is 1. The van der Waals surface area contributed by atoms with E-state index in [1.54, 1.807) is 12.1 Å². The fraction of sp³-hybridized carbons (Fsp3) is 0.400. The summed E-state index contributed by atoms with van der Waals surface area (Å²) in [5, 5.41) is 3.30. The van der Waals surface area contributed by atoms with Gasteiger partial charge in [0.1, 0.15) is 5.82 Å². The zero-order valence-electron chi connectivity index (χ0n) is 12.1. The lowest BCUT2D eigenvalue weighted by Crippen LogP contribution is -2.29. The summed E-state index contributed by atoms with van der Waals surface area (Å²) in [4.78, 5) is 12.8. The molecule has 0 spiro atoms. The molecular formula is C15H19FN2O2S. The molecular weight excluding hydrogens is 291 g/mol. The molecule has 1 atom stereocenters. The minimum Gasteiger partial charge on any atom is -0.380 e. The highest BCUT2D eigenvalue weighted by atomic mass is 32.1. The molecule has 1 unspecified atom stereocenters. The smallest absolute Gasteiger partial charge is 0.261 e. The quantitative estimate of drug-likeness (QED) is 0.862. The van der Waals surface area contributed by atoms with Crippen LogP contribution in [0, 0.1) is 5.82 Å². The average Bonchev–Trinajstić information content (AvgIpc) is 2.79. The van der Waals surface area contributed by atoms with Crippen LogP contribution in [0.25, 0.3) is 10.1 Å². The number of hydrogen-bond donors (Lipinski definition) is 2. The summed E-state index contributed by atoms with van der Waals surface area (Å²) in [6, 6.07) is 4.87. The van der Waals surface area contributed by atoms with Crippen molar-refractivity contribution in [3.63, 3.8) is 0 Å². The Morgan fingerprint density at radius 3 is 2.95 bits per heavy atom. The molecule has 0 saturated heterocycles. The van der Waals surface area contributed by atoms with Crippen LogP contribution >= 0.6 is 11.3 Å². The third kappa shape index (κ3) is 3.58. The van der Waals surface area contributed by atoms with E-state index in [0.29, 0.717) is 28.8 Å². The van der Waals surface area contributed by atoms with Gasteiger partial charge in [-0.05, 0) is 25.5 Å². The topological polar surface area (TPSA) is 64.3 Å². The summed E-state index contributed by atoms with van der Waals surface area (Å²) in [6.45, 7) is 2.59. The first kappa shape index (κ1) is 15.9. The number of hydrogen-bond acceptors (Lipinski definition) is 4. The zero-order valence-corrected chi connectivity index (χ0v) is 12.9. The van der Waals surface area contributed by atoms with Crippen molar-refractivity contribution in [3.05, 3.63) is 34.5 Å². The number of ether oxygens (including phenoxy) is 1. The van der Waals surface area contributed by atoms with Crippen LogP contribution in [-0.2, 0) is 11.3 Å². The highest BCUT2D eigenvalue weighted by Gasteiger charge is 2.20. The summed E-state index contributed by atoms with van der Waals surface area (Å²) in [5.74, 6) is -0.534. The van der Waals surface area contributed by atoms with Gasteiger partial charge in [0.2, 0.25) is 0 Å². The second kappa shape index (κ2) is 6.98. The Kier molecular flexibility index (Phi) is 5.27. The number of benzene rings is 1. The Balaban J connectivity index is 2.32. The molecule has 0 fully saturated rings. The van der Waals surface area contributed by atoms with Gasteiger partial charge in [0.15, 0.2) is 0 Å². The standard InChI is InChI=1S/C15H19FN2O2S/c1-9(17)6-7-18-15(19)14-10(8-20-2)13-11(16)4-3-5-12(13)21-14/h3-5,9H,6-8,17H2,1-2H3,(H,18,19). The van der Waals surface area contributed by atoms with Gasteiger partial charge in [-0.15, -0.1) is 11.3 Å². The van der Waals surface area contributed by atoms with E-state index >= 15 is 0 Å². The number of thiophene rings is 1. The van der Waals surface area contributed by atoms with Gasteiger partial charge in [0.25, 0.3) is 5.91 Å². The first-order valence-electron chi connectivity index (χ1n) is 6.77. The summed E-state index contributed by atoms with van der Waals surface area (Å²) in [7, 11) is 1.53. The van der Waals surface area contributed by atoms with Crippen molar-refractivity contribution >= 4 is 27.3 Å². The Morgan fingerprint density at radius 1 is 1.52 bits per heavy atom. The molecule has 114 valence electrons. The van der Waals surface area contributed by atoms with Crippen molar-refractivity contribution < 1.29 is 13.9 Å². The van der Waals surface area contributed by atoms with Crippen molar-refractivity contribution in [2.75, 3.05) is 13.7 Å². The first-order valence-corrected chi connectivity index (χ1v) is 7.58. The highest BCUT2D eigenvalue weighted by Crippen LogP contribution is 2.33. The molecule has 4 nitrogen and oxygen atoms in total. The normalized spacial score (nSPS) is 12.6. The molecule has 3 N–H and O–H groups in total. The van der Waals surface area contributed by atoms with E-state index in [4.69, 9.17) is 10.5 Å². The van der Waals surface area contributed by atoms with E-state index < -0.39 is 0 Å². The second-order valence-electron chi connectivity index (χ2n) is 4.98. The van der Waals surface area contributed by atoms with Gasteiger partial charge in [0.05, 0.1) is 11.5 Å². The van der Waals surface area contributed by atoms with E-state index in [1.807, 2.05) is 6.92 Å². The number of methoxy groups -OCH3 is 1. The van der Waals surface area contributed by atoms with Crippen molar-refractivity contribution in [2.24, 2.45) is 5.73 Å². The fourth-order valence-electron chi connectivity index (χ4n) is 2.13. The zero-order chi connectivity index (χ0) is 15.4. The number of fused-ring (bicyclic) bond motifs is 1. The molecule has 0 saturated carbocycles. The largest absolute Gasteiger partial charge is 0.380 e. The lowest BCUT2D eigenvalue weighted by atomic mass is 10.1. The molecule has 6 heteroatoms. The number of nitrogens with one attached hydrogen (secondary N) is 1. The number of amides is 1. The lowest BCUT2D eigenvalue weighted by Gasteiger charge is -2.08. The van der Waals surface area contributed by atoms with Crippen molar-refractivity contribution in [3.8, 4) is 0 Å². The fourth-order valence-corrected chi connectivity index (χ4v) is 3.26. The van der Waals surface area contributed by atoms with Gasteiger partial charge in [-0.25, -0.2) is 4.39 Å². The van der Waals surface area contributed by atoms with E-state index in [2.05, 4.69) is 5.32 Å². The molecule has 0 bridgehead atoms. The van der Waals surface area contributed by atoms with Crippen molar-refractivity contribution in [1.82, 2.24) is 5.32 Å². The van der Waals surface area contributed by atoms with Crippen LogP contribution in [0.1, 0.15) is 28.6 Å². The lowest BCUT2D eigenvalue weighted by molar-refractivity contribution is 0.0952. The van der Waals surface area contributed by atoms with Gasteiger partial charge in [-0.2, -0.15) is 0 Å². The molecule has 0 radical (unpaired) electrons. The number of carbonyl (C=O) groups is 1. The van der Waals surface area contributed by atoms with E-state index in [-0.39, 0.29) is 24.4 Å². The monoisotopic (exact) mass is 310 g/mol. The molecule has 0 aliphatic rings.